The quantitative estimate of drug-likeness (QED) is 0.809. The zero-order valence-electron chi connectivity index (χ0n) is 10.1. The maximum Gasteiger partial charge on any atom is 0.0604 e. The van der Waals surface area contributed by atoms with Crippen molar-refractivity contribution in [2.45, 2.75) is 13.0 Å². The number of hydrogen-bond donors (Lipinski definition) is 1. The van der Waals surface area contributed by atoms with E-state index in [4.69, 9.17) is 0 Å². The number of anilines is 1. The summed E-state index contributed by atoms with van der Waals surface area (Å²) >= 11 is 0. The smallest absolute Gasteiger partial charge is 0.0604 e. The molecule has 0 bridgehead atoms. The first-order chi connectivity index (χ1) is 7.70. The molecule has 3 heteroatoms. The first-order valence-corrected chi connectivity index (χ1v) is 5.83. The van der Waals surface area contributed by atoms with Gasteiger partial charge in [-0.1, -0.05) is 17.7 Å². The topological polar surface area (TPSA) is 26.7 Å². The molecule has 1 atom stereocenters. The van der Waals surface area contributed by atoms with E-state index in [0.717, 1.165) is 19.6 Å². The highest BCUT2D eigenvalue weighted by Gasteiger charge is 2.23. The Labute approximate surface area is 97.3 Å². The van der Waals surface area contributed by atoms with Crippen LogP contribution in [0.3, 0.4) is 0 Å². The van der Waals surface area contributed by atoms with Crippen LogP contribution in [-0.2, 0) is 0 Å². The molecule has 1 saturated heterocycles. The fourth-order valence-electron chi connectivity index (χ4n) is 2.13. The van der Waals surface area contributed by atoms with Gasteiger partial charge in [0.2, 0.25) is 0 Å². The third-order valence-corrected chi connectivity index (χ3v) is 3.39. The SMILES string of the molecule is Cc1ccc(N2CCN(C)C(CO)C2)cc1. The Morgan fingerprint density at radius 3 is 2.56 bits per heavy atom. The summed E-state index contributed by atoms with van der Waals surface area (Å²) in [5.74, 6) is 0. The van der Waals surface area contributed by atoms with Crippen molar-refractivity contribution in [1.29, 1.82) is 0 Å². The van der Waals surface area contributed by atoms with Crippen molar-refractivity contribution in [3.8, 4) is 0 Å². The molecule has 1 aliphatic rings. The largest absolute Gasteiger partial charge is 0.395 e. The number of aliphatic hydroxyl groups is 1. The molecule has 0 spiro atoms. The zero-order valence-corrected chi connectivity index (χ0v) is 10.1. The lowest BCUT2D eigenvalue weighted by atomic mass is 10.1. The predicted octanol–water partition coefficient (Wildman–Crippen LogP) is 1.11. The second kappa shape index (κ2) is 4.85. The highest BCUT2D eigenvalue weighted by Crippen LogP contribution is 2.18. The molecule has 0 saturated carbocycles. The summed E-state index contributed by atoms with van der Waals surface area (Å²) in [5, 5.41) is 9.30. The molecule has 0 aromatic heterocycles. The van der Waals surface area contributed by atoms with Crippen LogP contribution >= 0.6 is 0 Å². The van der Waals surface area contributed by atoms with E-state index in [1.807, 2.05) is 0 Å². The standard InChI is InChI=1S/C13H20N2O/c1-11-3-5-12(6-4-11)15-8-7-14(2)13(9-15)10-16/h3-6,13,16H,7-10H2,1-2H3. The van der Waals surface area contributed by atoms with Gasteiger partial charge in [-0.3, -0.25) is 4.90 Å². The van der Waals surface area contributed by atoms with Crippen LogP contribution < -0.4 is 4.90 Å². The van der Waals surface area contributed by atoms with E-state index in [1.54, 1.807) is 0 Å². The first kappa shape index (κ1) is 11.4. The van der Waals surface area contributed by atoms with Crippen LogP contribution in [0.4, 0.5) is 5.69 Å². The lowest BCUT2D eigenvalue weighted by Gasteiger charge is -2.39. The number of aliphatic hydroxyl groups excluding tert-OH is 1. The van der Waals surface area contributed by atoms with E-state index < -0.39 is 0 Å². The van der Waals surface area contributed by atoms with E-state index >= 15 is 0 Å². The number of benzene rings is 1. The van der Waals surface area contributed by atoms with Crippen LogP contribution in [0.5, 0.6) is 0 Å². The van der Waals surface area contributed by atoms with Gasteiger partial charge in [-0.05, 0) is 26.1 Å². The monoisotopic (exact) mass is 220 g/mol. The average molecular weight is 220 g/mol. The van der Waals surface area contributed by atoms with Crippen LogP contribution in [0.15, 0.2) is 24.3 Å². The maximum absolute atomic E-state index is 9.30. The Bertz CT molecular complexity index is 336. The maximum atomic E-state index is 9.30. The molecule has 1 fully saturated rings. The third kappa shape index (κ3) is 2.36. The summed E-state index contributed by atoms with van der Waals surface area (Å²) in [5.41, 5.74) is 2.55. The molecule has 0 amide bonds. The van der Waals surface area contributed by atoms with E-state index in [1.165, 1.54) is 11.3 Å². The number of piperazine rings is 1. The summed E-state index contributed by atoms with van der Waals surface area (Å²) in [6.07, 6.45) is 0. The molecule has 3 nitrogen and oxygen atoms in total. The molecule has 1 aromatic rings. The zero-order chi connectivity index (χ0) is 11.5. The molecule has 1 aromatic carbocycles. The fraction of sp³-hybridized carbons (Fsp3) is 0.538. The number of hydrogen-bond acceptors (Lipinski definition) is 3. The molecule has 88 valence electrons. The number of nitrogens with zero attached hydrogens (tertiary/aromatic N) is 2. The number of aryl methyl sites for hydroxylation is 1. The number of rotatable bonds is 2. The van der Waals surface area contributed by atoms with Crippen molar-refractivity contribution in [2.75, 3.05) is 38.2 Å². The minimum absolute atomic E-state index is 0.235. The van der Waals surface area contributed by atoms with Crippen LogP contribution in [-0.4, -0.2) is 49.3 Å². The highest BCUT2D eigenvalue weighted by molar-refractivity contribution is 5.48. The molecule has 0 aliphatic carbocycles. The first-order valence-electron chi connectivity index (χ1n) is 5.83. The Kier molecular flexibility index (Phi) is 3.46. The van der Waals surface area contributed by atoms with E-state index in [-0.39, 0.29) is 12.6 Å². The molecule has 2 rings (SSSR count). The minimum Gasteiger partial charge on any atom is -0.395 e. The van der Waals surface area contributed by atoms with Crippen molar-refractivity contribution >= 4 is 5.69 Å². The molecule has 1 unspecified atom stereocenters. The minimum atomic E-state index is 0.235. The van der Waals surface area contributed by atoms with Gasteiger partial charge < -0.3 is 10.0 Å². The molecule has 1 heterocycles. The van der Waals surface area contributed by atoms with Crippen LogP contribution in [0, 0.1) is 6.92 Å². The van der Waals surface area contributed by atoms with E-state index in [0.29, 0.717) is 0 Å². The Morgan fingerprint density at radius 2 is 1.94 bits per heavy atom. The van der Waals surface area contributed by atoms with E-state index in [2.05, 4.69) is 48.0 Å². The second-order valence-corrected chi connectivity index (χ2v) is 4.60. The van der Waals surface area contributed by atoms with Crippen molar-refractivity contribution in [3.63, 3.8) is 0 Å². The van der Waals surface area contributed by atoms with Gasteiger partial charge >= 0.3 is 0 Å². The van der Waals surface area contributed by atoms with Gasteiger partial charge in [0.15, 0.2) is 0 Å². The molecule has 0 radical (unpaired) electrons. The lowest BCUT2D eigenvalue weighted by molar-refractivity contribution is 0.135. The van der Waals surface area contributed by atoms with E-state index in [9.17, 15) is 5.11 Å². The molecule has 1 N–H and O–H groups in total. The summed E-state index contributed by atoms with van der Waals surface area (Å²) in [6, 6.07) is 8.86. The van der Waals surface area contributed by atoms with Gasteiger partial charge in [-0.2, -0.15) is 0 Å². The van der Waals surface area contributed by atoms with Gasteiger partial charge in [0.05, 0.1) is 12.6 Å². The molecule has 1 aliphatic heterocycles. The van der Waals surface area contributed by atoms with Gasteiger partial charge in [0.1, 0.15) is 0 Å². The molecular weight excluding hydrogens is 200 g/mol. The summed E-state index contributed by atoms with van der Waals surface area (Å²) in [4.78, 5) is 4.57. The normalized spacial score (nSPS) is 22.4. The molecular formula is C13H20N2O. The van der Waals surface area contributed by atoms with Gasteiger partial charge in [0.25, 0.3) is 0 Å². The van der Waals surface area contributed by atoms with Crippen molar-refractivity contribution in [2.24, 2.45) is 0 Å². The van der Waals surface area contributed by atoms with Crippen molar-refractivity contribution < 1.29 is 5.11 Å². The van der Waals surface area contributed by atoms with Crippen molar-refractivity contribution in [3.05, 3.63) is 29.8 Å². The summed E-state index contributed by atoms with van der Waals surface area (Å²) in [6.45, 7) is 5.30. The van der Waals surface area contributed by atoms with Crippen molar-refractivity contribution in [1.82, 2.24) is 4.90 Å². The summed E-state index contributed by atoms with van der Waals surface area (Å²) in [7, 11) is 2.08. The van der Waals surface area contributed by atoms with Crippen LogP contribution in [0.2, 0.25) is 0 Å². The lowest BCUT2D eigenvalue weighted by Crippen LogP contribution is -2.53. The fourth-order valence-corrected chi connectivity index (χ4v) is 2.13. The Hall–Kier alpha value is -1.06. The van der Waals surface area contributed by atoms with Gasteiger partial charge in [0, 0.05) is 25.3 Å². The second-order valence-electron chi connectivity index (χ2n) is 4.60. The van der Waals surface area contributed by atoms with Gasteiger partial charge in [-0.25, -0.2) is 0 Å². The highest BCUT2D eigenvalue weighted by atomic mass is 16.3. The van der Waals surface area contributed by atoms with Crippen LogP contribution in [0.1, 0.15) is 5.56 Å². The molecule has 16 heavy (non-hydrogen) atoms. The Balaban J connectivity index is 2.08. The number of likely N-dealkylation sites (N-methyl/N-ethyl adjacent to an activating group) is 1. The predicted molar refractivity (Wildman–Crippen MR) is 66.9 cm³/mol. The van der Waals surface area contributed by atoms with Crippen LogP contribution in [0.25, 0.3) is 0 Å². The Morgan fingerprint density at radius 1 is 1.25 bits per heavy atom. The average Bonchev–Trinajstić information content (AvgIpc) is 2.31. The summed E-state index contributed by atoms with van der Waals surface area (Å²) < 4.78 is 0. The van der Waals surface area contributed by atoms with Gasteiger partial charge in [-0.15, -0.1) is 0 Å². The third-order valence-electron chi connectivity index (χ3n) is 3.39.